The van der Waals surface area contributed by atoms with Crippen molar-refractivity contribution in [3.63, 3.8) is 0 Å². The van der Waals surface area contributed by atoms with Crippen LogP contribution in [0.2, 0.25) is 0 Å². The summed E-state index contributed by atoms with van der Waals surface area (Å²) in [6.07, 6.45) is 2.16. The number of hydrogen-bond acceptors (Lipinski definition) is 7. The van der Waals surface area contributed by atoms with Crippen LogP contribution in [0.5, 0.6) is 5.88 Å². The zero-order valence-electron chi connectivity index (χ0n) is 23.8. The number of piperidine rings is 1. The molecule has 1 saturated heterocycles. The number of anilines is 1. The zero-order valence-corrected chi connectivity index (χ0v) is 23.8. The van der Waals surface area contributed by atoms with Crippen LogP contribution in [-0.4, -0.2) is 72.8 Å². The van der Waals surface area contributed by atoms with Crippen LogP contribution in [0.15, 0.2) is 10.9 Å². The van der Waals surface area contributed by atoms with Crippen molar-refractivity contribution < 1.29 is 33.0 Å². The minimum atomic E-state index is -2.83. The van der Waals surface area contributed by atoms with Gasteiger partial charge < -0.3 is 20.1 Å². The van der Waals surface area contributed by atoms with Crippen LogP contribution < -0.4 is 16.2 Å². The molecular formula is C27H36F2N6O6. The van der Waals surface area contributed by atoms with E-state index in [0.29, 0.717) is 0 Å². The molecule has 12 nitrogen and oxygen atoms in total. The number of carbonyl (C=O) groups excluding carboxylic acids is 3. The quantitative estimate of drug-likeness (QED) is 0.427. The van der Waals surface area contributed by atoms with Crippen molar-refractivity contribution in [3.05, 3.63) is 27.6 Å². The Morgan fingerprint density at radius 2 is 1.83 bits per heavy atom. The summed E-state index contributed by atoms with van der Waals surface area (Å²) in [6, 6.07) is -0.0863. The molecule has 3 N–H and O–H groups in total. The van der Waals surface area contributed by atoms with Gasteiger partial charge in [0, 0.05) is 44.6 Å². The zero-order chi connectivity index (χ0) is 30.3. The largest absolute Gasteiger partial charge is 0.492 e. The molecule has 1 aliphatic carbocycles. The summed E-state index contributed by atoms with van der Waals surface area (Å²) in [5, 5.41) is 20.6. The number of aromatic hydroxyl groups is 1. The highest BCUT2D eigenvalue weighted by atomic mass is 19.3. The standard InChI is InChI=1S/C27H36F2N6O6/c1-15(2)14-34-22-17(8-9-18(36)33-12-10-27(28,29)11-13-33)20(31-25(40)41-26(3,4)5)32-35(22)24(39)19(23(34)38)21(37)30-16-6-7-16/h8-9,15-16,39H,6-7,10-14H2,1-5H3,(H,30,37)(H,31,32,40)/b9-8+. The summed E-state index contributed by atoms with van der Waals surface area (Å²) in [7, 11) is 0. The van der Waals surface area contributed by atoms with Gasteiger partial charge in [0.1, 0.15) is 5.60 Å². The smallest absolute Gasteiger partial charge is 0.413 e. The van der Waals surface area contributed by atoms with E-state index < -0.39 is 59.3 Å². The number of alkyl halides is 2. The van der Waals surface area contributed by atoms with Crippen molar-refractivity contribution in [2.24, 2.45) is 5.92 Å². The molecule has 3 heterocycles. The number of nitrogens with zero attached hydrogens (tertiary/aromatic N) is 4. The first-order valence-corrected chi connectivity index (χ1v) is 13.6. The van der Waals surface area contributed by atoms with Gasteiger partial charge in [-0.15, -0.1) is 5.10 Å². The van der Waals surface area contributed by atoms with Crippen LogP contribution in [0, 0.1) is 5.92 Å². The van der Waals surface area contributed by atoms with E-state index in [1.807, 2.05) is 13.8 Å². The number of carbonyl (C=O) groups is 3. The molecule has 2 fully saturated rings. The number of nitrogens with one attached hydrogen (secondary N) is 2. The molecule has 0 radical (unpaired) electrons. The predicted molar refractivity (Wildman–Crippen MR) is 146 cm³/mol. The normalized spacial score (nSPS) is 17.3. The van der Waals surface area contributed by atoms with Crippen LogP contribution in [0.3, 0.4) is 0 Å². The lowest BCUT2D eigenvalue weighted by atomic mass is 10.1. The maximum Gasteiger partial charge on any atom is 0.413 e. The molecule has 3 amide bonds. The van der Waals surface area contributed by atoms with E-state index in [2.05, 4.69) is 15.7 Å². The Balaban J connectivity index is 1.84. The fourth-order valence-corrected chi connectivity index (χ4v) is 4.44. The number of amides is 3. The molecule has 1 saturated carbocycles. The van der Waals surface area contributed by atoms with Gasteiger partial charge in [0.15, 0.2) is 17.0 Å². The molecule has 0 atom stereocenters. The highest BCUT2D eigenvalue weighted by molar-refractivity contribution is 5.98. The van der Waals surface area contributed by atoms with Crippen molar-refractivity contribution in [2.45, 2.75) is 84.4 Å². The third kappa shape index (κ3) is 7.03. The number of fused-ring (bicyclic) bond motifs is 1. The summed E-state index contributed by atoms with van der Waals surface area (Å²) in [5.74, 6) is -5.11. The number of likely N-dealkylation sites (tertiary alicyclic amines) is 1. The molecule has 0 unspecified atom stereocenters. The van der Waals surface area contributed by atoms with Gasteiger partial charge in [-0.2, -0.15) is 4.52 Å². The van der Waals surface area contributed by atoms with Gasteiger partial charge in [0.2, 0.25) is 11.8 Å². The molecule has 41 heavy (non-hydrogen) atoms. The summed E-state index contributed by atoms with van der Waals surface area (Å²) in [5.41, 5.74) is -2.04. The van der Waals surface area contributed by atoms with E-state index in [1.165, 1.54) is 15.5 Å². The second-order valence-corrected chi connectivity index (χ2v) is 11.9. The highest BCUT2D eigenvalue weighted by Crippen LogP contribution is 2.30. The van der Waals surface area contributed by atoms with Gasteiger partial charge in [-0.3, -0.25) is 24.3 Å². The molecule has 14 heteroatoms. The van der Waals surface area contributed by atoms with Gasteiger partial charge >= 0.3 is 6.09 Å². The Labute approximate surface area is 235 Å². The molecule has 0 aromatic carbocycles. The lowest BCUT2D eigenvalue weighted by Gasteiger charge is -2.30. The first kappa shape index (κ1) is 30.0. The van der Waals surface area contributed by atoms with Crippen LogP contribution >= 0.6 is 0 Å². The maximum atomic E-state index is 13.6. The van der Waals surface area contributed by atoms with Gasteiger partial charge in [0.25, 0.3) is 17.4 Å². The summed E-state index contributed by atoms with van der Waals surface area (Å²) >= 11 is 0. The van der Waals surface area contributed by atoms with Gasteiger partial charge in [0.05, 0.1) is 5.56 Å². The van der Waals surface area contributed by atoms with Crippen LogP contribution in [0.4, 0.5) is 19.4 Å². The first-order chi connectivity index (χ1) is 19.1. The van der Waals surface area contributed by atoms with Crippen LogP contribution in [-0.2, 0) is 16.1 Å². The van der Waals surface area contributed by atoms with E-state index in [0.717, 1.165) is 23.4 Å². The molecule has 0 bridgehead atoms. The van der Waals surface area contributed by atoms with Crippen molar-refractivity contribution in [3.8, 4) is 5.88 Å². The fraction of sp³-hybridized carbons (Fsp3) is 0.593. The first-order valence-electron chi connectivity index (χ1n) is 13.6. The molecule has 2 aromatic rings. The minimum absolute atomic E-state index is 0.0180. The number of ether oxygens (including phenoxy) is 1. The fourth-order valence-electron chi connectivity index (χ4n) is 4.44. The Hall–Kier alpha value is -3.97. The maximum absolute atomic E-state index is 13.6. The number of aromatic nitrogens is 3. The second kappa shape index (κ2) is 11.1. The van der Waals surface area contributed by atoms with Crippen LogP contribution in [0.25, 0.3) is 11.7 Å². The van der Waals surface area contributed by atoms with Gasteiger partial charge in [-0.05, 0) is 45.6 Å². The molecule has 0 spiro atoms. The van der Waals surface area contributed by atoms with Gasteiger partial charge in [-0.1, -0.05) is 13.8 Å². The van der Waals surface area contributed by atoms with Crippen LogP contribution in [0.1, 0.15) is 76.2 Å². The number of hydrogen-bond donors (Lipinski definition) is 3. The Morgan fingerprint density at radius 1 is 1.20 bits per heavy atom. The summed E-state index contributed by atoms with van der Waals surface area (Å²) < 4.78 is 34.7. The third-order valence-corrected chi connectivity index (χ3v) is 6.54. The Morgan fingerprint density at radius 3 is 2.39 bits per heavy atom. The van der Waals surface area contributed by atoms with E-state index in [-0.39, 0.29) is 48.6 Å². The second-order valence-electron chi connectivity index (χ2n) is 11.9. The molecule has 2 aromatic heterocycles. The summed E-state index contributed by atoms with van der Waals surface area (Å²) in [6.45, 7) is 8.53. The van der Waals surface area contributed by atoms with E-state index >= 15 is 0 Å². The van der Waals surface area contributed by atoms with E-state index in [4.69, 9.17) is 4.74 Å². The lowest BCUT2D eigenvalue weighted by molar-refractivity contribution is -0.132. The van der Waals surface area contributed by atoms with Crippen molar-refractivity contribution in [1.82, 2.24) is 24.4 Å². The molecule has 1 aliphatic heterocycles. The van der Waals surface area contributed by atoms with Crippen molar-refractivity contribution in [1.29, 1.82) is 0 Å². The average molecular weight is 579 g/mol. The lowest BCUT2D eigenvalue weighted by Crippen LogP contribution is -2.42. The molecule has 4 rings (SSSR count). The molecule has 224 valence electrons. The molecular weight excluding hydrogens is 542 g/mol. The third-order valence-electron chi connectivity index (χ3n) is 6.54. The average Bonchev–Trinajstić information content (AvgIpc) is 3.58. The number of rotatable bonds is 7. The SMILES string of the molecule is CC(C)Cn1c(=O)c(C(=O)NC2CC2)c(O)n2nc(NC(=O)OC(C)(C)C)c(/C=C/C(=O)N3CCC(F)(F)CC3)c12. The monoisotopic (exact) mass is 578 g/mol. The highest BCUT2D eigenvalue weighted by Gasteiger charge is 2.35. The summed E-state index contributed by atoms with van der Waals surface area (Å²) in [4.78, 5) is 53.4. The van der Waals surface area contributed by atoms with Crippen molar-refractivity contribution in [2.75, 3.05) is 18.4 Å². The number of halogens is 2. The topological polar surface area (TPSA) is 147 Å². The predicted octanol–water partition coefficient (Wildman–Crippen LogP) is 3.37. The van der Waals surface area contributed by atoms with Crippen molar-refractivity contribution >= 4 is 35.4 Å². The Kier molecular flexibility index (Phi) is 8.14. The van der Waals surface area contributed by atoms with Gasteiger partial charge in [-0.25, -0.2) is 13.6 Å². The minimum Gasteiger partial charge on any atom is -0.492 e. The molecule has 2 aliphatic rings. The van der Waals surface area contributed by atoms with E-state index in [9.17, 15) is 33.1 Å². The Bertz CT molecular complexity index is 1440. The van der Waals surface area contributed by atoms with E-state index in [1.54, 1.807) is 20.8 Å².